The van der Waals surface area contributed by atoms with Crippen molar-refractivity contribution in [3.05, 3.63) is 54.1 Å². The van der Waals surface area contributed by atoms with E-state index in [2.05, 4.69) is 10.1 Å². The zero-order chi connectivity index (χ0) is 16.9. The van der Waals surface area contributed by atoms with E-state index < -0.39 is 18.6 Å². The largest absolute Gasteiger partial charge is 0.485 e. The molecule has 0 aromatic heterocycles. The number of hydrogen-bond donors (Lipinski definition) is 1. The fourth-order valence-corrected chi connectivity index (χ4v) is 2.31. The highest BCUT2D eigenvalue weighted by atomic mass is 19.3. The van der Waals surface area contributed by atoms with Crippen LogP contribution in [0.2, 0.25) is 0 Å². The highest BCUT2D eigenvalue weighted by Crippen LogP contribution is 2.30. The van der Waals surface area contributed by atoms with Crippen LogP contribution in [0.15, 0.2) is 48.5 Å². The van der Waals surface area contributed by atoms with Crippen molar-refractivity contribution >= 4 is 5.91 Å². The smallest absolute Gasteiger partial charge is 0.387 e. The number of hydrogen-bond acceptors (Lipinski definition) is 4. The highest BCUT2D eigenvalue weighted by molar-refractivity contribution is 5.81. The second-order valence-electron chi connectivity index (χ2n) is 5.07. The van der Waals surface area contributed by atoms with Gasteiger partial charge in [-0.05, 0) is 18.2 Å². The molecular formula is C17H15F2NO4. The van der Waals surface area contributed by atoms with Crippen molar-refractivity contribution in [3.8, 4) is 17.2 Å². The number of nitrogens with one attached hydrogen (secondary N) is 1. The van der Waals surface area contributed by atoms with E-state index in [4.69, 9.17) is 9.47 Å². The topological polar surface area (TPSA) is 56.8 Å². The average Bonchev–Trinajstić information content (AvgIpc) is 2.60. The fourth-order valence-electron chi connectivity index (χ4n) is 2.31. The molecule has 2 aromatic carbocycles. The van der Waals surface area contributed by atoms with Gasteiger partial charge < -0.3 is 19.5 Å². The molecule has 1 aliphatic rings. The monoisotopic (exact) mass is 335 g/mol. The zero-order valence-corrected chi connectivity index (χ0v) is 12.6. The Morgan fingerprint density at radius 2 is 1.88 bits per heavy atom. The number of alkyl halides is 2. The Balaban J connectivity index is 1.61. The first kappa shape index (κ1) is 16.0. The molecule has 0 saturated carbocycles. The number of ether oxygens (including phenoxy) is 3. The lowest BCUT2D eigenvalue weighted by Gasteiger charge is -2.25. The van der Waals surface area contributed by atoms with E-state index in [0.717, 1.165) is 0 Å². The molecule has 1 N–H and O–H groups in total. The van der Waals surface area contributed by atoms with Crippen LogP contribution in [0, 0.1) is 0 Å². The van der Waals surface area contributed by atoms with Crippen molar-refractivity contribution in [2.45, 2.75) is 19.3 Å². The van der Waals surface area contributed by atoms with Crippen molar-refractivity contribution in [2.24, 2.45) is 0 Å². The zero-order valence-electron chi connectivity index (χ0n) is 12.6. The molecule has 5 nitrogen and oxygen atoms in total. The van der Waals surface area contributed by atoms with Gasteiger partial charge in [-0.15, -0.1) is 0 Å². The molecule has 0 spiro atoms. The standard InChI is InChI=1S/C17H15F2NO4/c18-17(19)24-12-6-2-1-5-11(12)9-20-16(21)15-10-22-13-7-3-4-8-14(13)23-15/h1-8,15,17H,9-10H2,(H,20,21). The molecule has 1 aliphatic heterocycles. The van der Waals surface area contributed by atoms with Crippen molar-refractivity contribution in [3.63, 3.8) is 0 Å². The van der Waals surface area contributed by atoms with E-state index in [0.29, 0.717) is 17.1 Å². The van der Waals surface area contributed by atoms with Crippen molar-refractivity contribution in [1.29, 1.82) is 0 Å². The van der Waals surface area contributed by atoms with Gasteiger partial charge in [0.15, 0.2) is 11.5 Å². The number of amides is 1. The van der Waals surface area contributed by atoms with Gasteiger partial charge in [0, 0.05) is 12.1 Å². The van der Waals surface area contributed by atoms with Gasteiger partial charge in [0.2, 0.25) is 6.10 Å². The summed E-state index contributed by atoms with van der Waals surface area (Å²) >= 11 is 0. The summed E-state index contributed by atoms with van der Waals surface area (Å²) in [6, 6.07) is 13.3. The Bertz CT molecular complexity index is 723. The normalized spacial score (nSPS) is 15.9. The lowest BCUT2D eigenvalue weighted by molar-refractivity contribution is -0.130. The van der Waals surface area contributed by atoms with E-state index in [-0.39, 0.29) is 18.9 Å². The Labute approximate surface area is 137 Å². The number of benzene rings is 2. The molecule has 1 amide bonds. The minimum Gasteiger partial charge on any atom is -0.485 e. The summed E-state index contributed by atoms with van der Waals surface area (Å²) in [5.41, 5.74) is 0.447. The van der Waals surface area contributed by atoms with Crippen LogP contribution in [0.4, 0.5) is 8.78 Å². The van der Waals surface area contributed by atoms with Gasteiger partial charge in [-0.3, -0.25) is 4.79 Å². The van der Waals surface area contributed by atoms with E-state index in [1.54, 1.807) is 36.4 Å². The minimum atomic E-state index is -2.92. The SMILES string of the molecule is O=C(NCc1ccccc1OC(F)F)C1COc2ccccc2O1. The molecular weight excluding hydrogens is 320 g/mol. The Hall–Kier alpha value is -2.83. The van der Waals surface area contributed by atoms with Crippen LogP contribution in [-0.2, 0) is 11.3 Å². The summed E-state index contributed by atoms with van der Waals surface area (Å²) in [6.45, 7) is -2.80. The average molecular weight is 335 g/mol. The van der Waals surface area contributed by atoms with Gasteiger partial charge in [-0.25, -0.2) is 0 Å². The van der Waals surface area contributed by atoms with Crippen LogP contribution in [0.5, 0.6) is 17.2 Å². The van der Waals surface area contributed by atoms with Crippen molar-refractivity contribution < 1.29 is 27.8 Å². The summed E-state index contributed by atoms with van der Waals surface area (Å²) in [5, 5.41) is 2.64. The summed E-state index contributed by atoms with van der Waals surface area (Å²) < 4.78 is 40.3. The van der Waals surface area contributed by atoms with Crippen molar-refractivity contribution in [1.82, 2.24) is 5.32 Å². The summed E-state index contributed by atoms with van der Waals surface area (Å²) in [4.78, 5) is 12.2. The maximum atomic E-state index is 12.4. The maximum absolute atomic E-state index is 12.4. The van der Waals surface area contributed by atoms with E-state index in [1.807, 2.05) is 6.07 Å². The molecule has 1 heterocycles. The number of halogens is 2. The first-order valence-corrected chi connectivity index (χ1v) is 7.32. The van der Waals surface area contributed by atoms with Crippen LogP contribution in [-0.4, -0.2) is 25.2 Å². The summed E-state index contributed by atoms with van der Waals surface area (Å²) in [7, 11) is 0. The number of carbonyl (C=O) groups excluding carboxylic acids is 1. The molecule has 126 valence electrons. The Kier molecular flexibility index (Phi) is 4.79. The third-order valence-electron chi connectivity index (χ3n) is 3.44. The molecule has 0 aliphatic carbocycles. The van der Waals surface area contributed by atoms with Crippen molar-refractivity contribution in [2.75, 3.05) is 6.61 Å². The van der Waals surface area contributed by atoms with Gasteiger partial charge in [-0.1, -0.05) is 30.3 Å². The third kappa shape index (κ3) is 3.73. The molecule has 0 radical (unpaired) electrons. The number of fused-ring (bicyclic) bond motifs is 1. The lowest BCUT2D eigenvalue weighted by Crippen LogP contribution is -2.43. The molecule has 0 saturated heterocycles. The second kappa shape index (κ2) is 7.16. The molecule has 2 aromatic rings. The second-order valence-corrected chi connectivity index (χ2v) is 5.07. The van der Waals surface area contributed by atoms with Crippen LogP contribution >= 0.6 is 0 Å². The first-order chi connectivity index (χ1) is 11.6. The molecule has 1 unspecified atom stereocenters. The quantitative estimate of drug-likeness (QED) is 0.913. The molecule has 7 heteroatoms. The van der Waals surface area contributed by atoms with Crippen LogP contribution < -0.4 is 19.5 Å². The van der Waals surface area contributed by atoms with Crippen LogP contribution in [0.25, 0.3) is 0 Å². The molecule has 1 atom stereocenters. The van der Waals surface area contributed by atoms with E-state index in [1.165, 1.54) is 6.07 Å². The molecule has 3 rings (SSSR count). The van der Waals surface area contributed by atoms with Crippen LogP contribution in [0.1, 0.15) is 5.56 Å². The van der Waals surface area contributed by atoms with Gasteiger partial charge >= 0.3 is 6.61 Å². The third-order valence-corrected chi connectivity index (χ3v) is 3.44. The van der Waals surface area contributed by atoms with Gasteiger partial charge in [0.25, 0.3) is 5.91 Å². The predicted octanol–water partition coefficient (Wildman–Crippen LogP) is 2.74. The fraction of sp³-hybridized carbons (Fsp3) is 0.235. The molecule has 24 heavy (non-hydrogen) atoms. The predicted molar refractivity (Wildman–Crippen MR) is 81.3 cm³/mol. The Morgan fingerprint density at radius 1 is 1.17 bits per heavy atom. The summed E-state index contributed by atoms with van der Waals surface area (Å²) in [6.07, 6.45) is -0.803. The maximum Gasteiger partial charge on any atom is 0.387 e. The summed E-state index contributed by atoms with van der Waals surface area (Å²) in [5.74, 6) is 0.706. The first-order valence-electron chi connectivity index (χ1n) is 7.32. The van der Waals surface area contributed by atoms with Gasteiger partial charge in [0.05, 0.1) is 0 Å². The number of rotatable bonds is 5. The lowest BCUT2D eigenvalue weighted by atomic mass is 10.2. The van der Waals surface area contributed by atoms with Gasteiger partial charge in [0.1, 0.15) is 12.4 Å². The molecule has 0 fully saturated rings. The number of carbonyl (C=O) groups is 1. The van der Waals surface area contributed by atoms with E-state index >= 15 is 0 Å². The molecule has 0 bridgehead atoms. The Morgan fingerprint density at radius 3 is 2.67 bits per heavy atom. The highest BCUT2D eigenvalue weighted by Gasteiger charge is 2.27. The minimum absolute atomic E-state index is 0.0268. The van der Waals surface area contributed by atoms with Crippen LogP contribution in [0.3, 0.4) is 0 Å². The number of para-hydroxylation sites is 3. The van der Waals surface area contributed by atoms with Gasteiger partial charge in [-0.2, -0.15) is 8.78 Å². The van der Waals surface area contributed by atoms with E-state index in [9.17, 15) is 13.6 Å².